The maximum absolute atomic E-state index is 11.8. The van der Waals surface area contributed by atoms with E-state index in [1.165, 1.54) is 31.2 Å². The van der Waals surface area contributed by atoms with Gasteiger partial charge in [0, 0.05) is 18.0 Å². The SMILES string of the molecule is OC12CCCCC1C1(CCCCC1)NC(=S)N2CCc1ccccc1. The molecule has 2 N–H and O–H groups in total. The van der Waals surface area contributed by atoms with Gasteiger partial charge in [0.25, 0.3) is 0 Å². The number of hydrogen-bond donors (Lipinski definition) is 2. The molecule has 1 aliphatic heterocycles. The second-order valence-corrected chi connectivity index (χ2v) is 8.60. The van der Waals surface area contributed by atoms with Crippen molar-refractivity contribution < 1.29 is 5.11 Å². The van der Waals surface area contributed by atoms with Crippen LogP contribution in [-0.2, 0) is 6.42 Å². The number of nitrogens with zero attached hydrogens (tertiary/aromatic N) is 1. The minimum Gasteiger partial charge on any atom is -0.370 e. The molecule has 0 radical (unpaired) electrons. The van der Waals surface area contributed by atoms with Crippen LogP contribution in [0.5, 0.6) is 0 Å². The highest BCUT2D eigenvalue weighted by atomic mass is 32.1. The summed E-state index contributed by atoms with van der Waals surface area (Å²) >= 11 is 5.79. The van der Waals surface area contributed by atoms with E-state index in [9.17, 15) is 5.11 Å². The van der Waals surface area contributed by atoms with Gasteiger partial charge in [0.2, 0.25) is 0 Å². The zero-order valence-corrected chi connectivity index (χ0v) is 15.9. The summed E-state index contributed by atoms with van der Waals surface area (Å²) in [7, 11) is 0. The number of rotatable bonds is 3. The van der Waals surface area contributed by atoms with Gasteiger partial charge in [-0.3, -0.25) is 0 Å². The van der Waals surface area contributed by atoms with Crippen LogP contribution in [-0.4, -0.2) is 32.9 Å². The molecule has 3 aliphatic rings. The highest BCUT2D eigenvalue weighted by molar-refractivity contribution is 7.80. The first kappa shape index (κ1) is 17.3. The minimum atomic E-state index is -0.757. The molecule has 1 spiro atoms. The van der Waals surface area contributed by atoms with E-state index in [4.69, 9.17) is 12.2 Å². The maximum atomic E-state index is 11.8. The molecule has 0 amide bonds. The normalized spacial score (nSPS) is 31.5. The molecule has 1 saturated heterocycles. The monoisotopic (exact) mass is 358 g/mol. The van der Waals surface area contributed by atoms with Crippen LogP contribution >= 0.6 is 12.2 Å². The van der Waals surface area contributed by atoms with Gasteiger partial charge in [0.05, 0.1) is 0 Å². The van der Waals surface area contributed by atoms with Crippen LogP contribution in [0, 0.1) is 5.92 Å². The summed E-state index contributed by atoms with van der Waals surface area (Å²) in [6.07, 6.45) is 11.4. The number of thiocarbonyl (C=S) groups is 1. The number of nitrogens with one attached hydrogen (secondary N) is 1. The van der Waals surface area contributed by atoms with E-state index >= 15 is 0 Å². The molecule has 4 heteroatoms. The standard InChI is InChI=1S/C21H30N2OS/c24-21-15-8-5-11-18(21)20(13-6-2-7-14-20)22-19(25)23(21)16-12-17-9-3-1-4-10-17/h1,3-4,9-10,18,24H,2,5-8,11-16H2,(H,22,25). The third kappa shape index (κ3) is 3.08. The smallest absolute Gasteiger partial charge is 0.171 e. The average molecular weight is 359 g/mol. The van der Waals surface area contributed by atoms with E-state index in [1.807, 2.05) is 6.07 Å². The molecule has 3 nitrogen and oxygen atoms in total. The van der Waals surface area contributed by atoms with Crippen molar-refractivity contribution in [2.75, 3.05) is 6.54 Å². The highest BCUT2D eigenvalue weighted by Crippen LogP contribution is 2.50. The van der Waals surface area contributed by atoms with Crippen LogP contribution in [0.2, 0.25) is 0 Å². The zero-order chi connectivity index (χ0) is 17.3. The quantitative estimate of drug-likeness (QED) is 0.801. The fourth-order valence-electron chi connectivity index (χ4n) is 5.56. The fraction of sp³-hybridized carbons (Fsp3) is 0.667. The molecular weight excluding hydrogens is 328 g/mol. The van der Waals surface area contributed by atoms with E-state index in [0.717, 1.165) is 50.2 Å². The Morgan fingerprint density at radius 2 is 1.76 bits per heavy atom. The molecule has 2 atom stereocenters. The van der Waals surface area contributed by atoms with Crippen molar-refractivity contribution >= 4 is 17.3 Å². The second kappa shape index (κ2) is 6.88. The van der Waals surface area contributed by atoms with Gasteiger partial charge >= 0.3 is 0 Å². The molecule has 3 fully saturated rings. The molecule has 2 aliphatic carbocycles. The summed E-state index contributed by atoms with van der Waals surface area (Å²) in [4.78, 5) is 2.12. The van der Waals surface area contributed by atoms with Gasteiger partial charge in [-0.1, -0.05) is 56.0 Å². The lowest BCUT2D eigenvalue weighted by molar-refractivity contribution is -0.181. The third-order valence-electron chi connectivity index (χ3n) is 6.79. The molecule has 0 bridgehead atoms. The lowest BCUT2D eigenvalue weighted by Gasteiger charge is -2.61. The Labute approximate surface area is 156 Å². The lowest BCUT2D eigenvalue weighted by atomic mass is 9.62. The third-order valence-corrected chi connectivity index (χ3v) is 7.12. The molecule has 1 heterocycles. The first-order valence-electron chi connectivity index (χ1n) is 10.0. The molecule has 1 aromatic carbocycles. The Morgan fingerprint density at radius 3 is 2.52 bits per heavy atom. The van der Waals surface area contributed by atoms with Crippen LogP contribution in [0.15, 0.2) is 30.3 Å². The molecule has 4 rings (SSSR count). The van der Waals surface area contributed by atoms with Crippen LogP contribution in [0.25, 0.3) is 0 Å². The highest BCUT2D eigenvalue weighted by Gasteiger charge is 2.58. The van der Waals surface area contributed by atoms with Crippen molar-refractivity contribution in [3.8, 4) is 0 Å². The summed E-state index contributed by atoms with van der Waals surface area (Å²) in [6.45, 7) is 0.791. The summed E-state index contributed by atoms with van der Waals surface area (Å²) in [6, 6.07) is 10.5. The first-order valence-corrected chi connectivity index (χ1v) is 10.4. The molecule has 0 aromatic heterocycles. The lowest BCUT2D eigenvalue weighted by Crippen LogP contribution is -2.75. The minimum absolute atomic E-state index is 0.0355. The van der Waals surface area contributed by atoms with Gasteiger partial charge < -0.3 is 15.3 Å². The van der Waals surface area contributed by atoms with E-state index in [2.05, 4.69) is 34.5 Å². The fourth-order valence-corrected chi connectivity index (χ4v) is 6.01. The van der Waals surface area contributed by atoms with Gasteiger partial charge in [0.15, 0.2) is 5.11 Å². The molecule has 136 valence electrons. The van der Waals surface area contributed by atoms with Gasteiger partial charge in [-0.2, -0.15) is 0 Å². The zero-order valence-electron chi connectivity index (χ0n) is 15.0. The summed E-state index contributed by atoms with van der Waals surface area (Å²) < 4.78 is 0. The van der Waals surface area contributed by atoms with Crippen molar-refractivity contribution in [2.24, 2.45) is 5.92 Å². The largest absolute Gasteiger partial charge is 0.370 e. The Balaban J connectivity index is 1.58. The molecule has 1 aromatic rings. The van der Waals surface area contributed by atoms with Gasteiger partial charge in [-0.15, -0.1) is 0 Å². The van der Waals surface area contributed by atoms with Crippen LogP contribution in [0.1, 0.15) is 63.4 Å². The van der Waals surface area contributed by atoms with Crippen LogP contribution in [0.3, 0.4) is 0 Å². The summed E-state index contributed by atoms with van der Waals surface area (Å²) in [5, 5.41) is 16.3. The van der Waals surface area contributed by atoms with E-state index in [1.54, 1.807) is 0 Å². The summed E-state index contributed by atoms with van der Waals surface area (Å²) in [5.41, 5.74) is 0.583. The number of aliphatic hydroxyl groups is 1. The average Bonchev–Trinajstić information content (AvgIpc) is 2.63. The number of benzene rings is 1. The summed E-state index contributed by atoms with van der Waals surface area (Å²) in [5.74, 6) is 0.302. The van der Waals surface area contributed by atoms with Crippen molar-refractivity contribution in [2.45, 2.75) is 75.5 Å². The molecular formula is C21H30N2OS. The topological polar surface area (TPSA) is 35.5 Å². The Morgan fingerprint density at radius 1 is 1.04 bits per heavy atom. The van der Waals surface area contributed by atoms with Gasteiger partial charge in [-0.25, -0.2) is 0 Å². The Bertz CT molecular complexity index is 614. The maximum Gasteiger partial charge on any atom is 0.171 e. The molecule has 2 saturated carbocycles. The predicted octanol–water partition coefficient (Wildman–Crippen LogP) is 4.00. The Kier molecular flexibility index (Phi) is 4.76. The Hall–Kier alpha value is -1.13. The van der Waals surface area contributed by atoms with E-state index in [0.29, 0.717) is 5.92 Å². The van der Waals surface area contributed by atoms with Crippen LogP contribution < -0.4 is 5.32 Å². The van der Waals surface area contributed by atoms with Crippen molar-refractivity contribution in [1.29, 1.82) is 0 Å². The van der Waals surface area contributed by atoms with Crippen LogP contribution in [0.4, 0.5) is 0 Å². The van der Waals surface area contributed by atoms with Crippen molar-refractivity contribution in [3.63, 3.8) is 0 Å². The first-order chi connectivity index (χ1) is 12.1. The second-order valence-electron chi connectivity index (χ2n) is 8.21. The number of hydrogen-bond acceptors (Lipinski definition) is 2. The molecule has 25 heavy (non-hydrogen) atoms. The predicted molar refractivity (Wildman–Crippen MR) is 105 cm³/mol. The van der Waals surface area contributed by atoms with Gasteiger partial charge in [-0.05, 0) is 56.3 Å². The van der Waals surface area contributed by atoms with Crippen molar-refractivity contribution in [3.05, 3.63) is 35.9 Å². The van der Waals surface area contributed by atoms with E-state index < -0.39 is 5.72 Å². The van der Waals surface area contributed by atoms with Gasteiger partial charge in [0.1, 0.15) is 5.72 Å². The van der Waals surface area contributed by atoms with E-state index in [-0.39, 0.29) is 5.54 Å². The number of fused-ring (bicyclic) bond motifs is 2. The van der Waals surface area contributed by atoms with Crippen molar-refractivity contribution in [1.82, 2.24) is 10.2 Å². The molecule has 2 unspecified atom stereocenters.